The minimum Gasteiger partial charge on any atom is -0.387 e. The van der Waals surface area contributed by atoms with Crippen LogP contribution in [0.2, 0.25) is 0 Å². The minimum atomic E-state index is -1.24. The Morgan fingerprint density at radius 3 is 2.48 bits per heavy atom. The quantitative estimate of drug-likeness (QED) is 0.641. The number of aliphatic hydroxyl groups excluding tert-OH is 1. The van der Waals surface area contributed by atoms with E-state index in [1.807, 2.05) is 0 Å². The molecular weight excluding hydrogens is 405 g/mol. The Kier molecular flexibility index (Phi) is 6.19. The van der Waals surface area contributed by atoms with Crippen LogP contribution in [0.5, 0.6) is 0 Å². The number of amides is 1. The van der Waals surface area contributed by atoms with Gasteiger partial charge in [0, 0.05) is 11.4 Å². The summed E-state index contributed by atoms with van der Waals surface area (Å²) >= 11 is 0.968. The van der Waals surface area contributed by atoms with Crippen LogP contribution in [0.25, 0.3) is 11.3 Å². The highest BCUT2D eigenvalue weighted by atomic mass is 32.1. The fraction of sp³-hybridized carbons (Fsp3) is 0.200. The number of carbonyl (C=O) groups is 1. The van der Waals surface area contributed by atoms with Crippen LogP contribution < -0.4 is 10.2 Å². The van der Waals surface area contributed by atoms with Gasteiger partial charge in [-0.3, -0.25) is 14.2 Å². The highest BCUT2D eigenvalue weighted by Crippen LogP contribution is 2.25. The summed E-state index contributed by atoms with van der Waals surface area (Å²) in [5, 5.41) is 12.5. The summed E-state index contributed by atoms with van der Waals surface area (Å²) in [5.41, 5.74) is 1.22. The molecule has 0 aliphatic carbocycles. The van der Waals surface area contributed by atoms with E-state index in [0.717, 1.165) is 23.5 Å². The van der Waals surface area contributed by atoms with E-state index in [1.54, 1.807) is 6.92 Å². The molecule has 0 fully saturated rings. The summed E-state index contributed by atoms with van der Waals surface area (Å²) in [7, 11) is 0. The van der Waals surface area contributed by atoms with Gasteiger partial charge in [0.25, 0.3) is 0 Å². The first-order chi connectivity index (χ1) is 13.8. The molecule has 0 saturated heterocycles. The molecule has 1 unspecified atom stereocenters. The largest absolute Gasteiger partial charge is 0.387 e. The number of rotatable bonds is 6. The van der Waals surface area contributed by atoms with Crippen LogP contribution in [-0.4, -0.2) is 22.1 Å². The van der Waals surface area contributed by atoms with Crippen molar-refractivity contribution in [3.63, 3.8) is 0 Å². The van der Waals surface area contributed by atoms with Crippen LogP contribution in [0.3, 0.4) is 0 Å². The fourth-order valence-electron chi connectivity index (χ4n) is 2.87. The zero-order valence-electron chi connectivity index (χ0n) is 15.3. The number of aryl methyl sites for hydroxylation is 1. The summed E-state index contributed by atoms with van der Waals surface area (Å²) in [4.78, 5) is 24.9. The average molecular weight is 422 g/mol. The third-order valence-electron chi connectivity index (χ3n) is 4.30. The Morgan fingerprint density at radius 2 is 1.83 bits per heavy atom. The topological polar surface area (TPSA) is 71.3 Å². The molecule has 1 atom stereocenters. The molecule has 29 heavy (non-hydrogen) atoms. The third kappa shape index (κ3) is 4.75. The van der Waals surface area contributed by atoms with Gasteiger partial charge < -0.3 is 10.4 Å². The van der Waals surface area contributed by atoms with Gasteiger partial charge in [0.05, 0.1) is 11.8 Å². The van der Waals surface area contributed by atoms with Gasteiger partial charge in [-0.1, -0.05) is 17.4 Å². The summed E-state index contributed by atoms with van der Waals surface area (Å²) < 4.78 is 40.7. The van der Waals surface area contributed by atoms with Gasteiger partial charge in [0.2, 0.25) is 5.91 Å². The second-order valence-corrected chi connectivity index (χ2v) is 7.52. The molecule has 0 radical (unpaired) electrons. The average Bonchev–Trinajstić information content (AvgIpc) is 2.96. The first-order valence-electron chi connectivity index (χ1n) is 8.62. The molecule has 2 N–H and O–H groups in total. The van der Waals surface area contributed by atoms with Crippen LogP contribution in [-0.2, 0) is 11.3 Å². The van der Waals surface area contributed by atoms with Crippen molar-refractivity contribution in [3.05, 3.63) is 80.0 Å². The van der Waals surface area contributed by atoms with Gasteiger partial charge in [0.15, 0.2) is 11.6 Å². The Balaban J connectivity index is 1.71. The van der Waals surface area contributed by atoms with Gasteiger partial charge in [-0.05, 0) is 54.4 Å². The maximum atomic E-state index is 13.3. The van der Waals surface area contributed by atoms with Crippen molar-refractivity contribution in [3.8, 4) is 11.3 Å². The lowest BCUT2D eigenvalue weighted by molar-refractivity contribution is -0.122. The van der Waals surface area contributed by atoms with Crippen molar-refractivity contribution in [1.29, 1.82) is 0 Å². The molecule has 3 rings (SSSR count). The molecule has 0 aliphatic rings. The molecule has 0 bridgehead atoms. The Hall–Kier alpha value is -2.91. The molecule has 0 spiro atoms. The number of hydrogen-bond acceptors (Lipinski definition) is 4. The number of halogens is 3. The van der Waals surface area contributed by atoms with E-state index in [0.29, 0.717) is 16.1 Å². The summed E-state index contributed by atoms with van der Waals surface area (Å²) in [6.07, 6.45) is -1.24. The molecule has 152 valence electrons. The first-order valence-corrected chi connectivity index (χ1v) is 9.44. The number of nitrogens with zero attached hydrogens (tertiary/aromatic N) is 1. The molecule has 0 saturated carbocycles. The van der Waals surface area contributed by atoms with E-state index < -0.39 is 29.5 Å². The van der Waals surface area contributed by atoms with Gasteiger partial charge in [0.1, 0.15) is 12.4 Å². The zero-order chi connectivity index (χ0) is 21.1. The number of nitrogens with one attached hydrogen (secondary N) is 1. The van der Waals surface area contributed by atoms with Crippen LogP contribution >= 0.6 is 11.3 Å². The van der Waals surface area contributed by atoms with Gasteiger partial charge in [-0.2, -0.15) is 0 Å². The number of carbonyl (C=O) groups excluding carboxylic acids is 1. The van der Waals surface area contributed by atoms with E-state index >= 15 is 0 Å². The fourth-order valence-corrected chi connectivity index (χ4v) is 3.73. The molecule has 1 amide bonds. The number of hydrogen-bond donors (Lipinski definition) is 2. The van der Waals surface area contributed by atoms with Crippen LogP contribution in [0.15, 0.2) is 47.3 Å². The molecule has 9 heteroatoms. The zero-order valence-corrected chi connectivity index (χ0v) is 16.1. The Labute approximate surface area is 168 Å². The van der Waals surface area contributed by atoms with E-state index in [2.05, 4.69) is 5.32 Å². The van der Waals surface area contributed by atoms with Crippen LogP contribution in [0.1, 0.15) is 16.5 Å². The summed E-state index contributed by atoms with van der Waals surface area (Å²) in [6.45, 7) is 1.18. The van der Waals surface area contributed by atoms with E-state index in [4.69, 9.17) is 0 Å². The lowest BCUT2D eigenvalue weighted by Gasteiger charge is -2.14. The minimum absolute atomic E-state index is 0.111. The molecule has 5 nitrogen and oxygen atoms in total. The van der Waals surface area contributed by atoms with Crippen LogP contribution in [0.4, 0.5) is 13.2 Å². The lowest BCUT2D eigenvalue weighted by atomic mass is 10.1. The SMILES string of the molecule is Cc1sc(=O)n(CC(=O)NCC(O)c2ccc(F)c(F)c2)c1-c1ccc(F)cc1. The van der Waals surface area contributed by atoms with Crippen molar-refractivity contribution in [1.82, 2.24) is 9.88 Å². The van der Waals surface area contributed by atoms with Crippen molar-refractivity contribution in [2.45, 2.75) is 19.6 Å². The predicted molar refractivity (Wildman–Crippen MR) is 103 cm³/mol. The molecule has 1 aromatic heterocycles. The van der Waals surface area contributed by atoms with E-state index in [9.17, 15) is 27.9 Å². The second-order valence-electron chi connectivity index (χ2n) is 6.36. The number of thiazole rings is 1. The lowest BCUT2D eigenvalue weighted by Crippen LogP contribution is -2.33. The number of aromatic nitrogens is 1. The Bertz CT molecular complexity index is 1090. The Morgan fingerprint density at radius 1 is 1.14 bits per heavy atom. The van der Waals surface area contributed by atoms with E-state index in [-0.39, 0.29) is 23.5 Å². The molecular formula is C20H17F3N2O3S. The van der Waals surface area contributed by atoms with Crippen LogP contribution in [0, 0.1) is 24.4 Å². The third-order valence-corrected chi connectivity index (χ3v) is 5.20. The first kappa shape index (κ1) is 20.8. The summed E-state index contributed by atoms with van der Waals surface area (Å²) in [6, 6.07) is 8.52. The van der Waals surface area contributed by atoms with Crippen molar-refractivity contribution < 1.29 is 23.1 Å². The maximum Gasteiger partial charge on any atom is 0.308 e. The molecule has 2 aromatic carbocycles. The summed E-state index contributed by atoms with van der Waals surface area (Å²) in [5.74, 6) is -3.10. The van der Waals surface area contributed by atoms with Gasteiger partial charge in [-0.25, -0.2) is 13.2 Å². The van der Waals surface area contributed by atoms with Crippen molar-refractivity contribution in [2.75, 3.05) is 6.54 Å². The second kappa shape index (κ2) is 8.62. The number of aliphatic hydroxyl groups is 1. The highest BCUT2D eigenvalue weighted by molar-refractivity contribution is 7.09. The molecule has 0 aliphatic heterocycles. The maximum absolute atomic E-state index is 13.3. The normalized spacial score (nSPS) is 12.0. The molecule has 1 heterocycles. The number of benzene rings is 2. The smallest absolute Gasteiger partial charge is 0.308 e. The van der Waals surface area contributed by atoms with Gasteiger partial charge in [-0.15, -0.1) is 0 Å². The molecule has 3 aromatic rings. The predicted octanol–water partition coefficient (Wildman–Crippen LogP) is 3.15. The highest BCUT2D eigenvalue weighted by Gasteiger charge is 2.18. The van der Waals surface area contributed by atoms with E-state index in [1.165, 1.54) is 34.9 Å². The standard InChI is InChI=1S/C20H17F3N2O3S/c1-11-19(12-2-5-14(21)6-3-12)25(20(28)29-11)10-18(27)24-9-17(26)13-4-7-15(22)16(23)8-13/h2-8,17,26H,9-10H2,1H3,(H,24,27). The van der Waals surface area contributed by atoms with Gasteiger partial charge >= 0.3 is 4.87 Å². The van der Waals surface area contributed by atoms with Crippen molar-refractivity contribution >= 4 is 17.2 Å². The van der Waals surface area contributed by atoms with Crippen molar-refractivity contribution in [2.24, 2.45) is 0 Å². The monoisotopic (exact) mass is 422 g/mol.